The van der Waals surface area contributed by atoms with Gasteiger partial charge in [0.25, 0.3) is 0 Å². The summed E-state index contributed by atoms with van der Waals surface area (Å²) in [6.07, 6.45) is 0.601. The molecule has 2 amide bonds. The van der Waals surface area contributed by atoms with Crippen LogP contribution in [-0.4, -0.2) is 37.0 Å². The first-order valence-electron chi connectivity index (χ1n) is 9.68. The fourth-order valence-electron chi connectivity index (χ4n) is 4.82. The molecule has 0 bridgehead atoms. The summed E-state index contributed by atoms with van der Waals surface area (Å²) in [7, 11) is 1.61. The van der Waals surface area contributed by atoms with Gasteiger partial charge in [0, 0.05) is 19.3 Å². The maximum atomic E-state index is 13.5. The van der Waals surface area contributed by atoms with Crippen LogP contribution in [0.3, 0.4) is 0 Å². The molecule has 1 fully saturated rings. The van der Waals surface area contributed by atoms with E-state index in [1.807, 2.05) is 73.3 Å². The van der Waals surface area contributed by atoms with E-state index in [-0.39, 0.29) is 17.9 Å². The number of carbonyl (C=O) groups excluding carboxylic acids is 2. The van der Waals surface area contributed by atoms with Crippen molar-refractivity contribution in [2.75, 3.05) is 25.6 Å². The molecule has 0 aromatic heterocycles. The van der Waals surface area contributed by atoms with Gasteiger partial charge in [0.2, 0.25) is 11.8 Å². The van der Waals surface area contributed by atoms with Crippen LogP contribution in [0.1, 0.15) is 37.4 Å². The quantitative estimate of drug-likeness (QED) is 0.886. The highest BCUT2D eigenvalue weighted by molar-refractivity contribution is 6.07. The maximum absolute atomic E-state index is 13.5. The second-order valence-electron chi connectivity index (χ2n) is 8.35. The molecule has 0 aliphatic carbocycles. The second kappa shape index (κ2) is 6.74. The van der Waals surface area contributed by atoms with E-state index in [1.165, 1.54) is 0 Å². The standard InChI is InChI=1S/C23H26N2O3/c1-22(2,15-28-3)21(27)25-14-13-23(19(25)16-9-5-4-6-10-16)17-11-7-8-12-18(17)24-20(23)26/h4-12,19H,13-15H2,1-3H3,(H,24,26)/t19-,23+/m0/s1. The van der Waals surface area contributed by atoms with Crippen molar-refractivity contribution in [3.8, 4) is 0 Å². The number of hydrogen-bond acceptors (Lipinski definition) is 3. The van der Waals surface area contributed by atoms with Crippen molar-refractivity contribution >= 4 is 17.5 Å². The molecule has 28 heavy (non-hydrogen) atoms. The molecular formula is C23H26N2O3. The smallest absolute Gasteiger partial charge is 0.237 e. The number of rotatable bonds is 4. The zero-order valence-corrected chi connectivity index (χ0v) is 16.6. The Morgan fingerprint density at radius 2 is 1.86 bits per heavy atom. The molecule has 1 saturated heterocycles. The summed E-state index contributed by atoms with van der Waals surface area (Å²) in [5.74, 6) is -0.0142. The number of amides is 2. The number of likely N-dealkylation sites (tertiary alicyclic amines) is 1. The Balaban J connectivity index is 1.86. The van der Waals surface area contributed by atoms with Crippen LogP contribution in [0.15, 0.2) is 54.6 Å². The Labute approximate surface area is 165 Å². The number of anilines is 1. The predicted octanol–water partition coefficient (Wildman–Crippen LogP) is 3.52. The molecule has 5 nitrogen and oxygen atoms in total. The Bertz CT molecular complexity index is 909. The van der Waals surface area contributed by atoms with Crippen LogP contribution in [0.25, 0.3) is 0 Å². The van der Waals surface area contributed by atoms with E-state index in [0.29, 0.717) is 19.6 Å². The van der Waals surface area contributed by atoms with Crippen LogP contribution in [0, 0.1) is 5.41 Å². The van der Waals surface area contributed by atoms with Crippen molar-refractivity contribution in [3.63, 3.8) is 0 Å². The molecule has 2 heterocycles. The number of nitrogens with one attached hydrogen (secondary N) is 1. The van der Waals surface area contributed by atoms with E-state index in [1.54, 1.807) is 7.11 Å². The van der Waals surface area contributed by atoms with Crippen LogP contribution < -0.4 is 5.32 Å². The van der Waals surface area contributed by atoms with Crippen LogP contribution >= 0.6 is 0 Å². The first-order chi connectivity index (χ1) is 13.4. The Morgan fingerprint density at radius 3 is 2.57 bits per heavy atom. The molecule has 0 radical (unpaired) electrons. The zero-order valence-electron chi connectivity index (χ0n) is 16.6. The largest absolute Gasteiger partial charge is 0.384 e. The lowest BCUT2D eigenvalue weighted by Crippen LogP contribution is -2.47. The van der Waals surface area contributed by atoms with Crippen molar-refractivity contribution in [2.45, 2.75) is 31.7 Å². The van der Waals surface area contributed by atoms with Gasteiger partial charge in [0.15, 0.2) is 0 Å². The minimum atomic E-state index is -0.767. The molecule has 146 valence electrons. The summed E-state index contributed by atoms with van der Waals surface area (Å²) < 4.78 is 5.30. The second-order valence-corrected chi connectivity index (χ2v) is 8.35. The number of carbonyl (C=O) groups is 2. The third-order valence-electron chi connectivity index (χ3n) is 6.05. The summed E-state index contributed by atoms with van der Waals surface area (Å²) in [5.41, 5.74) is 1.37. The van der Waals surface area contributed by atoms with Crippen LogP contribution in [0.4, 0.5) is 5.69 Å². The number of para-hydroxylation sites is 1. The number of fused-ring (bicyclic) bond motifs is 2. The lowest BCUT2D eigenvalue weighted by molar-refractivity contribution is -0.145. The molecule has 1 spiro atoms. The summed E-state index contributed by atoms with van der Waals surface area (Å²) in [5, 5.41) is 3.05. The molecular weight excluding hydrogens is 352 g/mol. The monoisotopic (exact) mass is 378 g/mol. The molecule has 5 heteroatoms. The van der Waals surface area contributed by atoms with E-state index in [0.717, 1.165) is 16.8 Å². The van der Waals surface area contributed by atoms with E-state index >= 15 is 0 Å². The molecule has 1 N–H and O–H groups in total. The Kier molecular flexibility index (Phi) is 4.50. The number of hydrogen-bond donors (Lipinski definition) is 1. The van der Waals surface area contributed by atoms with Gasteiger partial charge < -0.3 is 15.0 Å². The van der Waals surface area contributed by atoms with Crippen LogP contribution in [0.2, 0.25) is 0 Å². The fourth-order valence-corrected chi connectivity index (χ4v) is 4.82. The maximum Gasteiger partial charge on any atom is 0.237 e. The van der Waals surface area contributed by atoms with Gasteiger partial charge in [-0.1, -0.05) is 48.5 Å². The number of methoxy groups -OCH3 is 1. The first-order valence-corrected chi connectivity index (χ1v) is 9.68. The van der Waals surface area contributed by atoms with E-state index in [2.05, 4.69) is 5.32 Å². The fraction of sp³-hybridized carbons (Fsp3) is 0.391. The third-order valence-corrected chi connectivity index (χ3v) is 6.05. The molecule has 4 rings (SSSR count). The number of benzene rings is 2. The normalized spacial score (nSPS) is 23.8. The lowest BCUT2D eigenvalue weighted by Gasteiger charge is -2.37. The van der Waals surface area contributed by atoms with Gasteiger partial charge in [-0.15, -0.1) is 0 Å². The minimum absolute atomic E-state index is 0.0114. The van der Waals surface area contributed by atoms with E-state index < -0.39 is 10.8 Å². The molecule has 2 aromatic carbocycles. The predicted molar refractivity (Wildman–Crippen MR) is 108 cm³/mol. The summed E-state index contributed by atoms with van der Waals surface area (Å²) in [6.45, 7) is 4.66. The highest BCUT2D eigenvalue weighted by Gasteiger charge is 2.60. The summed E-state index contributed by atoms with van der Waals surface area (Å²) in [4.78, 5) is 28.7. The lowest BCUT2D eigenvalue weighted by atomic mass is 9.72. The average Bonchev–Trinajstić information content (AvgIpc) is 3.22. The minimum Gasteiger partial charge on any atom is -0.384 e. The molecule has 2 aliphatic heterocycles. The molecule has 0 saturated carbocycles. The molecule has 2 aromatic rings. The van der Waals surface area contributed by atoms with Crippen molar-refractivity contribution in [1.29, 1.82) is 0 Å². The summed E-state index contributed by atoms with van der Waals surface area (Å²) in [6, 6.07) is 17.4. The Morgan fingerprint density at radius 1 is 1.18 bits per heavy atom. The highest BCUT2D eigenvalue weighted by Crippen LogP contribution is 2.55. The van der Waals surface area contributed by atoms with Crippen LogP contribution in [0.5, 0.6) is 0 Å². The average molecular weight is 378 g/mol. The molecule has 2 aliphatic rings. The summed E-state index contributed by atoms with van der Waals surface area (Å²) >= 11 is 0. The van der Waals surface area contributed by atoms with Crippen molar-refractivity contribution in [2.24, 2.45) is 5.41 Å². The molecule has 0 unspecified atom stereocenters. The number of ether oxygens (including phenoxy) is 1. The van der Waals surface area contributed by atoms with Gasteiger partial charge in [-0.25, -0.2) is 0 Å². The van der Waals surface area contributed by atoms with Crippen molar-refractivity contribution in [1.82, 2.24) is 4.90 Å². The van der Waals surface area contributed by atoms with E-state index in [9.17, 15) is 9.59 Å². The first kappa shape index (κ1) is 18.7. The van der Waals surface area contributed by atoms with Crippen molar-refractivity contribution < 1.29 is 14.3 Å². The van der Waals surface area contributed by atoms with Gasteiger partial charge in [0.05, 0.1) is 18.1 Å². The topological polar surface area (TPSA) is 58.6 Å². The molecule has 2 atom stereocenters. The third kappa shape index (κ3) is 2.65. The van der Waals surface area contributed by atoms with Crippen molar-refractivity contribution in [3.05, 3.63) is 65.7 Å². The number of nitrogens with zero attached hydrogens (tertiary/aromatic N) is 1. The highest BCUT2D eigenvalue weighted by atomic mass is 16.5. The van der Waals surface area contributed by atoms with Gasteiger partial charge >= 0.3 is 0 Å². The van der Waals surface area contributed by atoms with Gasteiger partial charge in [-0.2, -0.15) is 0 Å². The SMILES string of the molecule is COCC(C)(C)C(=O)N1CC[C@]2(C(=O)Nc3ccccc32)[C@@H]1c1ccccc1. The van der Waals surface area contributed by atoms with Gasteiger partial charge in [-0.05, 0) is 37.5 Å². The Hall–Kier alpha value is -2.66. The zero-order chi connectivity index (χ0) is 19.9. The van der Waals surface area contributed by atoms with Crippen LogP contribution in [-0.2, 0) is 19.7 Å². The van der Waals surface area contributed by atoms with Gasteiger partial charge in [-0.3, -0.25) is 9.59 Å². The van der Waals surface area contributed by atoms with Gasteiger partial charge in [0.1, 0.15) is 5.41 Å². The van der Waals surface area contributed by atoms with E-state index in [4.69, 9.17) is 4.74 Å².